The number of hydrogen-bond acceptors (Lipinski definition) is 2. The average molecular weight is 408 g/mol. The molecular formula is C25H26ClNO2. The minimum Gasteiger partial charge on any atom is -0.481 e. The van der Waals surface area contributed by atoms with Gasteiger partial charge in [-0.3, -0.25) is 4.79 Å². The van der Waals surface area contributed by atoms with Crippen LogP contribution in [-0.4, -0.2) is 12.0 Å². The molecule has 0 saturated carbocycles. The van der Waals surface area contributed by atoms with E-state index in [0.717, 1.165) is 5.56 Å². The van der Waals surface area contributed by atoms with Gasteiger partial charge in [-0.2, -0.15) is 0 Å². The van der Waals surface area contributed by atoms with E-state index in [1.807, 2.05) is 49.4 Å². The lowest BCUT2D eigenvalue weighted by molar-refractivity contribution is -0.122. The Bertz CT molecular complexity index is 981. The smallest absolute Gasteiger partial charge is 0.265 e. The van der Waals surface area contributed by atoms with Crippen molar-refractivity contribution in [2.45, 2.75) is 39.2 Å². The summed E-state index contributed by atoms with van der Waals surface area (Å²) in [5, 5.41) is 3.50. The van der Waals surface area contributed by atoms with Crippen LogP contribution in [0.3, 0.4) is 0 Å². The average Bonchev–Trinajstić information content (AvgIpc) is 2.72. The Kier molecular flexibility index (Phi) is 6.29. The minimum atomic E-state index is -0.638. The number of carbonyl (C=O) groups is 1. The molecule has 3 aromatic rings. The van der Waals surface area contributed by atoms with Gasteiger partial charge in [0.1, 0.15) is 5.75 Å². The van der Waals surface area contributed by atoms with Crippen LogP contribution >= 0.6 is 11.6 Å². The Morgan fingerprint density at radius 1 is 0.931 bits per heavy atom. The quantitative estimate of drug-likeness (QED) is 0.514. The molecule has 0 aliphatic carbocycles. The molecule has 29 heavy (non-hydrogen) atoms. The number of hydrogen-bond donors (Lipinski definition) is 1. The summed E-state index contributed by atoms with van der Waals surface area (Å²) in [5.41, 5.74) is 3.84. The molecule has 3 nitrogen and oxygen atoms in total. The number of halogens is 1. The first-order valence-electron chi connectivity index (χ1n) is 9.68. The van der Waals surface area contributed by atoms with Crippen LogP contribution < -0.4 is 10.1 Å². The topological polar surface area (TPSA) is 38.3 Å². The Balaban J connectivity index is 1.67. The minimum absolute atomic E-state index is 0.118. The number of anilines is 1. The zero-order valence-corrected chi connectivity index (χ0v) is 18.0. The van der Waals surface area contributed by atoms with E-state index in [0.29, 0.717) is 16.5 Å². The SMILES string of the molecule is Cc1c(Cl)cccc1NC(=O)C(C)Oc1ccc(C(C)(C)c2ccccc2)cc1. The van der Waals surface area contributed by atoms with Crippen LogP contribution in [0.5, 0.6) is 5.75 Å². The summed E-state index contributed by atoms with van der Waals surface area (Å²) in [6.07, 6.45) is -0.638. The first-order valence-corrected chi connectivity index (χ1v) is 10.1. The molecule has 1 unspecified atom stereocenters. The second kappa shape index (κ2) is 8.71. The van der Waals surface area contributed by atoms with E-state index in [9.17, 15) is 4.79 Å². The van der Waals surface area contributed by atoms with Crippen molar-refractivity contribution in [1.82, 2.24) is 0 Å². The van der Waals surface area contributed by atoms with E-state index >= 15 is 0 Å². The van der Waals surface area contributed by atoms with Crippen LogP contribution in [0.25, 0.3) is 0 Å². The maximum atomic E-state index is 12.5. The number of carbonyl (C=O) groups excluding carboxylic acids is 1. The van der Waals surface area contributed by atoms with Crippen molar-refractivity contribution in [1.29, 1.82) is 0 Å². The van der Waals surface area contributed by atoms with E-state index in [1.54, 1.807) is 13.0 Å². The summed E-state index contributed by atoms with van der Waals surface area (Å²) >= 11 is 6.12. The number of amides is 1. The van der Waals surface area contributed by atoms with Gasteiger partial charge in [0.25, 0.3) is 5.91 Å². The van der Waals surface area contributed by atoms with Crippen molar-refractivity contribution in [3.05, 3.63) is 94.5 Å². The van der Waals surface area contributed by atoms with Crippen LogP contribution in [0, 0.1) is 6.92 Å². The molecule has 1 atom stereocenters. The molecule has 150 valence electrons. The molecule has 0 aliphatic rings. The largest absolute Gasteiger partial charge is 0.481 e. The third-order valence-electron chi connectivity index (χ3n) is 5.28. The standard InChI is InChI=1S/C25H26ClNO2/c1-17-22(26)11-8-12-23(17)27-24(28)18(2)29-21-15-13-20(14-16-21)25(3,4)19-9-6-5-7-10-19/h5-16,18H,1-4H3,(H,27,28). The van der Waals surface area contributed by atoms with E-state index in [1.165, 1.54) is 11.1 Å². The summed E-state index contributed by atoms with van der Waals surface area (Å²) in [6, 6.07) is 23.7. The van der Waals surface area contributed by atoms with Crippen LogP contribution in [0.15, 0.2) is 72.8 Å². The van der Waals surface area contributed by atoms with E-state index < -0.39 is 6.10 Å². The van der Waals surface area contributed by atoms with Crippen LogP contribution in [-0.2, 0) is 10.2 Å². The third-order valence-corrected chi connectivity index (χ3v) is 5.69. The van der Waals surface area contributed by atoms with Gasteiger partial charge in [0.05, 0.1) is 0 Å². The van der Waals surface area contributed by atoms with Gasteiger partial charge in [-0.25, -0.2) is 0 Å². The van der Waals surface area contributed by atoms with Gasteiger partial charge in [-0.05, 0) is 54.8 Å². The normalized spacial score (nSPS) is 12.3. The number of nitrogens with one attached hydrogen (secondary N) is 1. The first kappa shape index (κ1) is 20.9. The maximum absolute atomic E-state index is 12.5. The molecule has 0 bridgehead atoms. The van der Waals surface area contributed by atoms with Crippen molar-refractivity contribution in [2.24, 2.45) is 0 Å². The Labute approximate surface area is 177 Å². The molecule has 0 heterocycles. The fourth-order valence-electron chi connectivity index (χ4n) is 3.21. The summed E-state index contributed by atoms with van der Waals surface area (Å²) < 4.78 is 5.85. The zero-order chi connectivity index (χ0) is 21.0. The van der Waals surface area contributed by atoms with Gasteiger partial charge in [0.2, 0.25) is 0 Å². The Hall–Kier alpha value is -2.78. The lowest BCUT2D eigenvalue weighted by atomic mass is 9.78. The molecule has 3 rings (SSSR count). The molecule has 4 heteroatoms. The van der Waals surface area contributed by atoms with Gasteiger partial charge in [0.15, 0.2) is 6.10 Å². The molecule has 0 radical (unpaired) electrons. The van der Waals surface area contributed by atoms with Crippen molar-refractivity contribution in [2.75, 3.05) is 5.32 Å². The van der Waals surface area contributed by atoms with Crippen LogP contribution in [0.2, 0.25) is 5.02 Å². The monoisotopic (exact) mass is 407 g/mol. The summed E-state index contributed by atoms with van der Waals surface area (Å²) in [4.78, 5) is 12.5. The lowest BCUT2D eigenvalue weighted by Gasteiger charge is -2.26. The van der Waals surface area contributed by atoms with E-state index in [2.05, 4.69) is 43.4 Å². The van der Waals surface area contributed by atoms with E-state index in [4.69, 9.17) is 16.3 Å². The lowest BCUT2D eigenvalue weighted by Crippen LogP contribution is -2.30. The number of benzene rings is 3. The zero-order valence-electron chi connectivity index (χ0n) is 17.2. The summed E-state index contributed by atoms with van der Waals surface area (Å²) in [7, 11) is 0. The molecule has 1 N–H and O–H groups in total. The second-order valence-electron chi connectivity index (χ2n) is 7.68. The highest BCUT2D eigenvalue weighted by molar-refractivity contribution is 6.31. The maximum Gasteiger partial charge on any atom is 0.265 e. The van der Waals surface area contributed by atoms with E-state index in [-0.39, 0.29) is 11.3 Å². The Morgan fingerprint density at radius 3 is 2.21 bits per heavy atom. The van der Waals surface area contributed by atoms with Crippen molar-refractivity contribution in [3.63, 3.8) is 0 Å². The fraction of sp³-hybridized carbons (Fsp3) is 0.240. The summed E-state index contributed by atoms with van der Waals surface area (Å²) in [5.74, 6) is 0.437. The Morgan fingerprint density at radius 2 is 1.55 bits per heavy atom. The molecule has 0 saturated heterocycles. The van der Waals surface area contributed by atoms with Gasteiger partial charge in [-0.15, -0.1) is 0 Å². The molecule has 1 amide bonds. The van der Waals surface area contributed by atoms with Crippen molar-refractivity contribution < 1.29 is 9.53 Å². The highest BCUT2D eigenvalue weighted by atomic mass is 35.5. The number of ether oxygens (including phenoxy) is 1. The van der Waals surface area contributed by atoms with Crippen molar-refractivity contribution >= 4 is 23.2 Å². The number of rotatable bonds is 6. The highest BCUT2D eigenvalue weighted by Crippen LogP contribution is 2.32. The van der Waals surface area contributed by atoms with Crippen LogP contribution in [0.4, 0.5) is 5.69 Å². The second-order valence-corrected chi connectivity index (χ2v) is 8.08. The predicted molar refractivity (Wildman–Crippen MR) is 120 cm³/mol. The highest BCUT2D eigenvalue weighted by Gasteiger charge is 2.23. The molecule has 0 aromatic heterocycles. The molecule has 3 aromatic carbocycles. The molecule has 0 aliphatic heterocycles. The fourth-order valence-corrected chi connectivity index (χ4v) is 3.38. The predicted octanol–water partition coefficient (Wildman–Crippen LogP) is 6.38. The van der Waals surface area contributed by atoms with Gasteiger partial charge >= 0.3 is 0 Å². The molecular weight excluding hydrogens is 382 g/mol. The van der Waals surface area contributed by atoms with Gasteiger partial charge in [-0.1, -0.05) is 74.0 Å². The van der Waals surface area contributed by atoms with Gasteiger partial charge < -0.3 is 10.1 Å². The van der Waals surface area contributed by atoms with Crippen LogP contribution in [0.1, 0.15) is 37.5 Å². The van der Waals surface area contributed by atoms with Gasteiger partial charge in [0, 0.05) is 16.1 Å². The molecule has 0 spiro atoms. The van der Waals surface area contributed by atoms with Crippen molar-refractivity contribution in [3.8, 4) is 5.75 Å². The molecule has 0 fully saturated rings. The first-order chi connectivity index (χ1) is 13.8. The summed E-state index contributed by atoms with van der Waals surface area (Å²) in [6.45, 7) is 8.00. The third kappa shape index (κ3) is 4.80.